The summed E-state index contributed by atoms with van der Waals surface area (Å²) in [6.07, 6.45) is -0.216. The number of aliphatic carboxylic acids is 1. The third-order valence-electron chi connectivity index (χ3n) is 5.15. The Morgan fingerprint density at radius 1 is 0.828 bits per heavy atom. The predicted molar refractivity (Wildman–Crippen MR) is 121 cm³/mol. The topological polar surface area (TPSA) is 69.6 Å². The van der Waals surface area contributed by atoms with Crippen molar-refractivity contribution >= 4 is 29.1 Å². The monoisotopic (exact) mass is 408 g/mol. The molecular weight excluding hydrogens is 381 g/mol. The quantitative estimate of drug-likeness (QED) is 0.476. The van der Waals surface area contributed by atoms with Crippen LogP contribution >= 0.6 is 7.26 Å². The molecule has 0 aliphatic heterocycles. The Bertz CT molecular complexity index is 805. The maximum absolute atomic E-state index is 11.5. The normalized spacial score (nSPS) is 13.6. The van der Waals surface area contributed by atoms with Gasteiger partial charge in [-0.25, -0.2) is 0 Å². The summed E-state index contributed by atoms with van der Waals surface area (Å²) in [6.45, 7) is 1.98. The van der Waals surface area contributed by atoms with E-state index in [4.69, 9.17) is 0 Å². The number of carboxylic acids is 1. The van der Waals surface area contributed by atoms with Gasteiger partial charge in [-0.1, -0.05) is 54.6 Å². The van der Waals surface area contributed by atoms with E-state index in [1.54, 1.807) is 0 Å². The largest absolute Gasteiger partial charge is 0.480 e. The second-order valence-electron chi connectivity index (χ2n) is 7.05. The maximum atomic E-state index is 11.5. The molecule has 0 amide bonds. The van der Waals surface area contributed by atoms with Gasteiger partial charge in [0.25, 0.3) is 0 Å². The zero-order valence-corrected chi connectivity index (χ0v) is 17.4. The van der Waals surface area contributed by atoms with E-state index in [-0.39, 0.29) is 0 Å². The molecule has 0 aromatic heterocycles. The molecule has 3 N–H and O–H groups in total. The first-order valence-electron chi connectivity index (χ1n) is 9.75. The molecule has 4 nitrogen and oxygen atoms in total. The Hall–Kier alpha value is -2.52. The second kappa shape index (κ2) is 9.80. The van der Waals surface area contributed by atoms with Crippen LogP contribution in [0, 0.1) is 0 Å². The zero-order chi connectivity index (χ0) is 20.7. The van der Waals surface area contributed by atoms with E-state index in [0.29, 0.717) is 6.54 Å². The summed E-state index contributed by atoms with van der Waals surface area (Å²) in [4.78, 5) is 11.5. The highest BCUT2D eigenvalue weighted by Gasteiger charge is 2.44. The van der Waals surface area contributed by atoms with E-state index in [1.165, 1.54) is 22.8 Å². The van der Waals surface area contributed by atoms with Crippen molar-refractivity contribution in [3.8, 4) is 0 Å². The summed E-state index contributed by atoms with van der Waals surface area (Å²) < 4.78 is 0. The van der Waals surface area contributed by atoms with Crippen molar-refractivity contribution in [3.05, 3.63) is 91.0 Å². The minimum absolute atomic E-state index is 0.480. The summed E-state index contributed by atoms with van der Waals surface area (Å²) in [5.74, 6) is -1.04. The van der Waals surface area contributed by atoms with Crippen molar-refractivity contribution < 1.29 is 15.0 Å². The lowest BCUT2D eigenvalue weighted by Crippen LogP contribution is -2.47. The highest BCUT2D eigenvalue weighted by atomic mass is 31.2. The van der Waals surface area contributed by atoms with Gasteiger partial charge in [-0.3, -0.25) is 10.1 Å². The van der Waals surface area contributed by atoms with E-state index in [0.717, 1.165) is 6.16 Å². The van der Waals surface area contributed by atoms with Gasteiger partial charge in [0.1, 0.15) is 29.2 Å². The summed E-state index contributed by atoms with van der Waals surface area (Å²) >= 11 is 0. The molecule has 150 valence electrons. The van der Waals surface area contributed by atoms with Crippen LogP contribution in [0.2, 0.25) is 0 Å². The highest BCUT2D eigenvalue weighted by molar-refractivity contribution is 7.95. The first-order chi connectivity index (χ1) is 14.1. The summed E-state index contributed by atoms with van der Waals surface area (Å²) in [7, 11) is -2.01. The van der Waals surface area contributed by atoms with Crippen molar-refractivity contribution in [3.63, 3.8) is 0 Å². The molecule has 0 radical (unpaired) electrons. The Morgan fingerprint density at radius 2 is 1.21 bits per heavy atom. The van der Waals surface area contributed by atoms with E-state index < -0.39 is 25.4 Å². The van der Waals surface area contributed by atoms with Crippen molar-refractivity contribution in [2.24, 2.45) is 0 Å². The maximum Gasteiger partial charge on any atom is 0.323 e. The molecule has 0 aliphatic carbocycles. The Kier molecular flexibility index (Phi) is 7.16. The fourth-order valence-corrected chi connectivity index (χ4v) is 7.91. The number of aliphatic hydroxyl groups excluding tert-OH is 1. The van der Waals surface area contributed by atoms with Crippen LogP contribution in [0.15, 0.2) is 91.0 Å². The number of hydrogen-bond acceptors (Lipinski definition) is 3. The molecule has 0 heterocycles. The van der Waals surface area contributed by atoms with Gasteiger partial charge in [0.15, 0.2) is 0 Å². The van der Waals surface area contributed by atoms with Gasteiger partial charge < -0.3 is 10.2 Å². The minimum atomic E-state index is -2.01. The van der Waals surface area contributed by atoms with Crippen LogP contribution in [-0.2, 0) is 4.79 Å². The van der Waals surface area contributed by atoms with Crippen LogP contribution < -0.4 is 21.2 Å². The van der Waals surface area contributed by atoms with E-state index in [9.17, 15) is 15.0 Å². The second-order valence-corrected chi connectivity index (χ2v) is 10.7. The highest BCUT2D eigenvalue weighted by Crippen LogP contribution is 2.54. The molecule has 2 atom stereocenters. The third-order valence-corrected chi connectivity index (χ3v) is 9.58. The predicted octanol–water partition coefficient (Wildman–Crippen LogP) is 2.40. The van der Waals surface area contributed by atoms with Crippen LogP contribution in [0.1, 0.15) is 6.92 Å². The van der Waals surface area contributed by atoms with Gasteiger partial charge in [0.2, 0.25) is 0 Å². The lowest BCUT2D eigenvalue weighted by Gasteiger charge is -2.28. The molecule has 0 aliphatic rings. The number of rotatable bonds is 9. The SMILES string of the molecule is CC(O)C(NCC[P+](c1ccccc1)(c1ccccc1)c1ccccc1)C(=O)O. The van der Waals surface area contributed by atoms with Gasteiger partial charge >= 0.3 is 5.97 Å². The molecule has 0 spiro atoms. The summed E-state index contributed by atoms with van der Waals surface area (Å²) in [5.41, 5.74) is 0. The molecule has 2 unspecified atom stereocenters. The smallest absolute Gasteiger partial charge is 0.323 e. The van der Waals surface area contributed by atoms with Gasteiger partial charge in [-0.15, -0.1) is 0 Å². The van der Waals surface area contributed by atoms with Crippen LogP contribution in [0.3, 0.4) is 0 Å². The zero-order valence-electron chi connectivity index (χ0n) is 16.5. The molecule has 0 fully saturated rings. The standard InChI is InChI=1S/C24H26NO3P/c1-19(26)23(24(27)28)25-17-18-29(20-11-5-2-6-12-20,21-13-7-3-8-14-21)22-15-9-4-10-16-22/h2-16,19,23,25-26H,17-18H2,1H3/p+1. The van der Waals surface area contributed by atoms with Gasteiger partial charge in [0, 0.05) is 6.54 Å². The van der Waals surface area contributed by atoms with Crippen LogP contribution in [-0.4, -0.2) is 41.0 Å². The number of carbonyl (C=O) groups is 1. The first kappa shape index (κ1) is 21.2. The third kappa shape index (κ3) is 4.73. The molecule has 0 saturated carbocycles. The van der Waals surface area contributed by atoms with Crippen molar-refractivity contribution in [1.82, 2.24) is 5.32 Å². The number of nitrogens with one attached hydrogen (secondary N) is 1. The first-order valence-corrected chi connectivity index (χ1v) is 11.7. The fourth-order valence-electron chi connectivity index (χ4n) is 3.73. The van der Waals surface area contributed by atoms with Gasteiger partial charge in [-0.2, -0.15) is 0 Å². The molecule has 0 saturated heterocycles. The van der Waals surface area contributed by atoms with Crippen molar-refractivity contribution in [2.75, 3.05) is 12.7 Å². The summed E-state index contributed by atoms with van der Waals surface area (Å²) in [5, 5.41) is 26.1. The summed E-state index contributed by atoms with van der Waals surface area (Å²) in [6, 6.07) is 30.4. The average molecular weight is 408 g/mol. The molecular formula is C24H27NO3P+. The molecule has 3 aromatic rings. The number of benzene rings is 3. The molecule has 3 rings (SSSR count). The Labute approximate surface area is 172 Å². The van der Waals surface area contributed by atoms with Crippen LogP contribution in [0.25, 0.3) is 0 Å². The van der Waals surface area contributed by atoms with E-state index in [1.807, 2.05) is 18.2 Å². The molecule has 3 aromatic carbocycles. The van der Waals surface area contributed by atoms with E-state index in [2.05, 4.69) is 78.1 Å². The molecule has 0 bridgehead atoms. The van der Waals surface area contributed by atoms with Crippen molar-refractivity contribution in [2.45, 2.75) is 19.1 Å². The van der Waals surface area contributed by atoms with Crippen LogP contribution in [0.5, 0.6) is 0 Å². The minimum Gasteiger partial charge on any atom is -0.480 e. The van der Waals surface area contributed by atoms with Crippen molar-refractivity contribution in [1.29, 1.82) is 0 Å². The van der Waals surface area contributed by atoms with Crippen LogP contribution in [0.4, 0.5) is 0 Å². The number of hydrogen-bond donors (Lipinski definition) is 3. The lowest BCUT2D eigenvalue weighted by atomic mass is 10.2. The Morgan fingerprint density at radius 3 is 1.52 bits per heavy atom. The number of aliphatic hydroxyl groups is 1. The lowest BCUT2D eigenvalue weighted by molar-refractivity contribution is -0.142. The Balaban J connectivity index is 2.06. The fraction of sp³-hybridized carbons (Fsp3) is 0.208. The average Bonchev–Trinajstić information content (AvgIpc) is 2.75. The number of carboxylic acid groups (broad SMARTS) is 1. The van der Waals surface area contributed by atoms with E-state index >= 15 is 0 Å². The molecule has 5 heteroatoms. The van der Waals surface area contributed by atoms with Gasteiger partial charge in [-0.05, 0) is 43.3 Å². The van der Waals surface area contributed by atoms with Gasteiger partial charge in [0.05, 0.1) is 12.3 Å². The molecule has 29 heavy (non-hydrogen) atoms.